The van der Waals surface area contributed by atoms with Crippen molar-refractivity contribution in [3.63, 3.8) is 0 Å². The summed E-state index contributed by atoms with van der Waals surface area (Å²) in [6.07, 6.45) is 1.26. The fourth-order valence-corrected chi connectivity index (χ4v) is 1.66. The average Bonchev–Trinajstić information content (AvgIpc) is 2.61. The van der Waals surface area contributed by atoms with E-state index in [1.54, 1.807) is 24.9 Å². The van der Waals surface area contributed by atoms with Gasteiger partial charge in [-0.3, -0.25) is 0 Å². The van der Waals surface area contributed by atoms with Crippen molar-refractivity contribution >= 4 is 17.7 Å². The molecule has 1 heterocycles. The van der Waals surface area contributed by atoms with Gasteiger partial charge in [0.1, 0.15) is 12.0 Å². The molecule has 0 amide bonds. The standard InChI is InChI=1S/C9H12O4S/c1-12-2-3-14-6-8-4-7(5-13-8)9(10)11/h4-5H,2-3,6H2,1H3,(H,10,11). The minimum absolute atomic E-state index is 0.201. The van der Waals surface area contributed by atoms with Gasteiger partial charge in [0.25, 0.3) is 0 Å². The van der Waals surface area contributed by atoms with Crippen LogP contribution >= 0.6 is 11.8 Å². The zero-order valence-electron chi connectivity index (χ0n) is 7.86. The molecule has 0 aliphatic carbocycles. The lowest BCUT2D eigenvalue weighted by molar-refractivity contribution is 0.0696. The van der Waals surface area contributed by atoms with Crippen LogP contribution in [0.1, 0.15) is 16.1 Å². The third-order valence-electron chi connectivity index (χ3n) is 1.58. The van der Waals surface area contributed by atoms with Crippen molar-refractivity contribution < 1.29 is 19.1 Å². The molecule has 4 nitrogen and oxygen atoms in total. The minimum atomic E-state index is -0.957. The number of furan rings is 1. The van der Waals surface area contributed by atoms with Gasteiger partial charge < -0.3 is 14.3 Å². The van der Waals surface area contributed by atoms with Crippen LogP contribution in [-0.4, -0.2) is 30.5 Å². The van der Waals surface area contributed by atoms with Crippen LogP contribution in [0.3, 0.4) is 0 Å². The molecule has 14 heavy (non-hydrogen) atoms. The van der Waals surface area contributed by atoms with Crippen molar-refractivity contribution in [2.45, 2.75) is 5.75 Å². The predicted octanol–water partition coefficient (Wildman–Crippen LogP) is 1.86. The summed E-state index contributed by atoms with van der Waals surface area (Å²) in [5.74, 6) is 1.28. The Morgan fingerprint density at radius 1 is 1.71 bits per heavy atom. The first-order valence-corrected chi connectivity index (χ1v) is 5.27. The molecule has 0 spiro atoms. The zero-order valence-corrected chi connectivity index (χ0v) is 8.67. The van der Waals surface area contributed by atoms with Crippen LogP contribution in [0.5, 0.6) is 0 Å². The number of carboxylic acids is 1. The smallest absolute Gasteiger partial charge is 0.338 e. The number of hydrogen-bond donors (Lipinski definition) is 1. The quantitative estimate of drug-likeness (QED) is 0.735. The highest BCUT2D eigenvalue weighted by Crippen LogP contribution is 2.15. The van der Waals surface area contributed by atoms with Crippen LogP contribution in [0.4, 0.5) is 0 Å². The molecule has 0 atom stereocenters. The Labute approximate surface area is 86.2 Å². The van der Waals surface area contributed by atoms with Crippen LogP contribution < -0.4 is 0 Å². The Kier molecular flexibility index (Phi) is 4.55. The molecule has 0 saturated carbocycles. The largest absolute Gasteiger partial charge is 0.478 e. The maximum absolute atomic E-state index is 10.5. The molecule has 1 aromatic rings. The number of rotatable bonds is 6. The van der Waals surface area contributed by atoms with Crippen LogP contribution in [0, 0.1) is 0 Å². The SMILES string of the molecule is COCCSCc1cc(C(=O)O)co1. The maximum Gasteiger partial charge on any atom is 0.338 e. The third-order valence-corrected chi connectivity index (χ3v) is 2.52. The second kappa shape index (κ2) is 5.72. The van der Waals surface area contributed by atoms with Crippen LogP contribution in [0.25, 0.3) is 0 Å². The fraction of sp³-hybridized carbons (Fsp3) is 0.444. The van der Waals surface area contributed by atoms with Gasteiger partial charge in [-0.1, -0.05) is 0 Å². The van der Waals surface area contributed by atoms with E-state index in [1.807, 2.05) is 0 Å². The van der Waals surface area contributed by atoms with Crippen molar-refractivity contribution in [3.8, 4) is 0 Å². The Morgan fingerprint density at radius 2 is 2.50 bits per heavy atom. The number of methoxy groups -OCH3 is 1. The molecule has 0 fully saturated rings. The van der Waals surface area contributed by atoms with Crippen molar-refractivity contribution in [3.05, 3.63) is 23.7 Å². The molecule has 0 bridgehead atoms. The summed E-state index contributed by atoms with van der Waals surface area (Å²) in [7, 11) is 1.65. The third kappa shape index (κ3) is 3.43. The number of aromatic carboxylic acids is 1. The lowest BCUT2D eigenvalue weighted by atomic mass is 10.3. The van der Waals surface area contributed by atoms with E-state index in [1.165, 1.54) is 6.26 Å². The molecule has 0 aliphatic heterocycles. The number of ether oxygens (including phenoxy) is 1. The molecule has 1 rings (SSSR count). The fourth-order valence-electron chi connectivity index (χ4n) is 0.884. The van der Waals surface area contributed by atoms with E-state index in [2.05, 4.69) is 0 Å². The summed E-state index contributed by atoms with van der Waals surface area (Å²) in [5, 5.41) is 8.62. The van der Waals surface area contributed by atoms with E-state index in [0.717, 1.165) is 5.75 Å². The van der Waals surface area contributed by atoms with Crippen molar-refractivity contribution in [1.82, 2.24) is 0 Å². The topological polar surface area (TPSA) is 59.7 Å². The van der Waals surface area contributed by atoms with E-state index in [0.29, 0.717) is 18.1 Å². The molecule has 1 N–H and O–H groups in total. The maximum atomic E-state index is 10.5. The van der Waals surface area contributed by atoms with Gasteiger partial charge in [0.05, 0.1) is 17.9 Å². The van der Waals surface area contributed by atoms with E-state index in [9.17, 15) is 4.79 Å². The summed E-state index contributed by atoms with van der Waals surface area (Å²) in [6.45, 7) is 0.692. The molecular weight excluding hydrogens is 204 g/mol. The van der Waals surface area contributed by atoms with Gasteiger partial charge in [0, 0.05) is 12.9 Å². The number of thioether (sulfide) groups is 1. The predicted molar refractivity (Wildman–Crippen MR) is 53.7 cm³/mol. The lowest BCUT2D eigenvalue weighted by Gasteiger charge is -1.96. The summed E-state index contributed by atoms with van der Waals surface area (Å²) in [4.78, 5) is 10.5. The van der Waals surface area contributed by atoms with E-state index in [4.69, 9.17) is 14.3 Å². The van der Waals surface area contributed by atoms with Crippen LogP contribution in [0.2, 0.25) is 0 Å². The van der Waals surface area contributed by atoms with Crippen molar-refractivity contribution in [1.29, 1.82) is 0 Å². The Bertz CT molecular complexity index is 295. The van der Waals surface area contributed by atoms with E-state index >= 15 is 0 Å². The normalized spacial score (nSPS) is 10.4. The molecule has 0 saturated heterocycles. The summed E-state index contributed by atoms with van der Waals surface area (Å²) < 4.78 is 9.94. The molecule has 0 unspecified atom stereocenters. The summed E-state index contributed by atoms with van der Waals surface area (Å²) in [6, 6.07) is 1.54. The highest BCUT2D eigenvalue weighted by molar-refractivity contribution is 7.98. The average molecular weight is 216 g/mol. The van der Waals surface area contributed by atoms with Crippen LogP contribution in [-0.2, 0) is 10.5 Å². The van der Waals surface area contributed by atoms with Crippen LogP contribution in [0.15, 0.2) is 16.7 Å². The Hall–Kier alpha value is -0.940. The lowest BCUT2D eigenvalue weighted by Crippen LogP contribution is -1.93. The molecule has 0 aromatic carbocycles. The number of carboxylic acid groups (broad SMARTS) is 1. The van der Waals surface area contributed by atoms with Gasteiger partial charge in [0.2, 0.25) is 0 Å². The molecule has 0 aliphatic rings. The van der Waals surface area contributed by atoms with Gasteiger partial charge in [-0.15, -0.1) is 0 Å². The first-order valence-electron chi connectivity index (χ1n) is 4.11. The van der Waals surface area contributed by atoms with Gasteiger partial charge in [-0.05, 0) is 6.07 Å². The molecule has 5 heteroatoms. The van der Waals surface area contributed by atoms with E-state index in [-0.39, 0.29) is 5.56 Å². The van der Waals surface area contributed by atoms with Crippen molar-refractivity contribution in [2.24, 2.45) is 0 Å². The highest BCUT2D eigenvalue weighted by Gasteiger charge is 2.07. The number of carbonyl (C=O) groups is 1. The van der Waals surface area contributed by atoms with Gasteiger partial charge >= 0.3 is 5.97 Å². The van der Waals surface area contributed by atoms with Gasteiger partial charge in [-0.25, -0.2) is 4.79 Å². The van der Waals surface area contributed by atoms with Gasteiger partial charge in [-0.2, -0.15) is 11.8 Å². The first kappa shape index (κ1) is 11.1. The molecule has 0 radical (unpaired) electrons. The number of hydrogen-bond acceptors (Lipinski definition) is 4. The summed E-state index contributed by atoms with van der Waals surface area (Å²) in [5.41, 5.74) is 0.201. The molecule has 1 aromatic heterocycles. The molecular formula is C9H12O4S. The van der Waals surface area contributed by atoms with E-state index < -0.39 is 5.97 Å². The van der Waals surface area contributed by atoms with Crippen molar-refractivity contribution in [2.75, 3.05) is 19.5 Å². The monoisotopic (exact) mass is 216 g/mol. The minimum Gasteiger partial charge on any atom is -0.478 e. The van der Waals surface area contributed by atoms with Gasteiger partial charge in [0.15, 0.2) is 0 Å². The first-order chi connectivity index (χ1) is 6.74. The Balaban J connectivity index is 2.33. The summed E-state index contributed by atoms with van der Waals surface area (Å²) >= 11 is 1.64. The highest BCUT2D eigenvalue weighted by atomic mass is 32.2. The second-order valence-electron chi connectivity index (χ2n) is 2.65. The zero-order chi connectivity index (χ0) is 10.4. The Morgan fingerprint density at radius 3 is 3.07 bits per heavy atom. The second-order valence-corrected chi connectivity index (χ2v) is 3.76. The molecule has 78 valence electrons.